The van der Waals surface area contributed by atoms with E-state index in [1.807, 2.05) is 13.8 Å². The minimum absolute atomic E-state index is 0.0197. The van der Waals surface area contributed by atoms with Gasteiger partial charge in [0.2, 0.25) is 11.8 Å². The van der Waals surface area contributed by atoms with E-state index in [4.69, 9.17) is 11.5 Å². The van der Waals surface area contributed by atoms with E-state index in [1.165, 1.54) is 0 Å². The molecule has 18 heavy (non-hydrogen) atoms. The minimum atomic E-state index is -0.566. The predicted molar refractivity (Wildman–Crippen MR) is 70.5 cm³/mol. The molecule has 1 aliphatic carbocycles. The Morgan fingerprint density at radius 1 is 1.22 bits per heavy atom. The van der Waals surface area contributed by atoms with Crippen LogP contribution < -0.4 is 16.8 Å². The van der Waals surface area contributed by atoms with E-state index < -0.39 is 11.9 Å². The van der Waals surface area contributed by atoms with Gasteiger partial charge in [-0.25, -0.2) is 0 Å². The number of nitrogens with one attached hydrogen (secondary N) is 1. The molecule has 2 amide bonds. The van der Waals surface area contributed by atoms with E-state index in [1.54, 1.807) is 0 Å². The quantitative estimate of drug-likeness (QED) is 0.668. The van der Waals surface area contributed by atoms with Gasteiger partial charge >= 0.3 is 0 Å². The molecule has 1 saturated carbocycles. The molecule has 1 fully saturated rings. The summed E-state index contributed by atoms with van der Waals surface area (Å²) in [5, 5.41) is 2.73. The zero-order valence-corrected chi connectivity index (χ0v) is 11.3. The summed E-state index contributed by atoms with van der Waals surface area (Å²) in [4.78, 5) is 23.1. The fraction of sp³-hybridized carbons (Fsp3) is 0.846. The Labute approximate surface area is 109 Å². The summed E-state index contributed by atoms with van der Waals surface area (Å²) in [5.41, 5.74) is 11.1. The second-order valence-corrected chi connectivity index (χ2v) is 5.68. The molecule has 0 aliphatic heterocycles. The molecular weight excluding hydrogens is 230 g/mol. The molecule has 0 aromatic heterocycles. The van der Waals surface area contributed by atoms with Crippen LogP contribution in [0.1, 0.15) is 46.0 Å². The summed E-state index contributed by atoms with van der Waals surface area (Å²) >= 11 is 0. The Balaban J connectivity index is 2.38. The summed E-state index contributed by atoms with van der Waals surface area (Å²) in [6, 6.07) is -0.276. The maximum absolute atomic E-state index is 11.9. The van der Waals surface area contributed by atoms with Crippen molar-refractivity contribution in [3.8, 4) is 0 Å². The van der Waals surface area contributed by atoms with Crippen molar-refractivity contribution in [3.63, 3.8) is 0 Å². The third-order valence-electron chi connectivity index (χ3n) is 3.66. The van der Waals surface area contributed by atoms with E-state index in [9.17, 15) is 9.59 Å². The van der Waals surface area contributed by atoms with Crippen molar-refractivity contribution in [2.75, 3.05) is 0 Å². The second kappa shape index (κ2) is 6.73. The van der Waals surface area contributed by atoms with Crippen molar-refractivity contribution in [1.29, 1.82) is 0 Å². The van der Waals surface area contributed by atoms with Gasteiger partial charge in [0.25, 0.3) is 0 Å². The topological polar surface area (TPSA) is 98.2 Å². The van der Waals surface area contributed by atoms with Gasteiger partial charge in [-0.2, -0.15) is 0 Å². The molecule has 1 atom stereocenters. The third-order valence-corrected chi connectivity index (χ3v) is 3.66. The highest BCUT2D eigenvalue weighted by Crippen LogP contribution is 2.25. The summed E-state index contributed by atoms with van der Waals surface area (Å²) in [6.07, 6.45) is 4.45. The molecule has 104 valence electrons. The number of amides is 2. The molecular formula is C13H25N3O2. The first-order valence-corrected chi connectivity index (χ1v) is 6.74. The number of rotatable bonds is 5. The predicted octanol–water partition coefficient (Wildman–Crippen LogP) is 0.520. The fourth-order valence-corrected chi connectivity index (χ4v) is 2.45. The van der Waals surface area contributed by atoms with Crippen LogP contribution in [0, 0.1) is 11.8 Å². The van der Waals surface area contributed by atoms with Gasteiger partial charge in [-0.05, 0) is 37.5 Å². The van der Waals surface area contributed by atoms with Gasteiger partial charge < -0.3 is 16.8 Å². The summed E-state index contributed by atoms with van der Waals surface area (Å²) in [6.45, 7) is 3.74. The first-order chi connectivity index (χ1) is 8.40. The van der Waals surface area contributed by atoms with Crippen LogP contribution in [0.2, 0.25) is 0 Å². The van der Waals surface area contributed by atoms with Crippen molar-refractivity contribution < 1.29 is 9.59 Å². The lowest BCUT2D eigenvalue weighted by Gasteiger charge is -2.26. The summed E-state index contributed by atoms with van der Waals surface area (Å²) in [5.74, 6) is -0.131. The zero-order chi connectivity index (χ0) is 13.7. The van der Waals surface area contributed by atoms with Crippen LogP contribution in [0.15, 0.2) is 0 Å². The number of hydrogen-bond donors (Lipinski definition) is 3. The standard InChI is InChI=1S/C13H25N3O2/c1-8(2)12(13(15)18)16-11(17)7-9-3-5-10(14)6-4-9/h8-10,12H,3-7,14H2,1-2H3,(H2,15,18)(H,16,17). The average molecular weight is 255 g/mol. The Morgan fingerprint density at radius 3 is 2.22 bits per heavy atom. The van der Waals surface area contributed by atoms with Gasteiger partial charge in [-0.15, -0.1) is 0 Å². The first-order valence-electron chi connectivity index (χ1n) is 6.74. The molecule has 1 rings (SSSR count). The molecule has 1 aliphatic rings. The molecule has 0 heterocycles. The Bertz CT molecular complexity index is 297. The van der Waals surface area contributed by atoms with Crippen LogP contribution in [0.5, 0.6) is 0 Å². The van der Waals surface area contributed by atoms with Gasteiger partial charge in [0.05, 0.1) is 0 Å². The third kappa shape index (κ3) is 4.64. The van der Waals surface area contributed by atoms with Crippen LogP contribution in [0.25, 0.3) is 0 Å². The van der Waals surface area contributed by atoms with Crippen LogP contribution in [0.3, 0.4) is 0 Å². The molecule has 0 spiro atoms. The van der Waals surface area contributed by atoms with Crippen LogP contribution in [-0.2, 0) is 9.59 Å². The van der Waals surface area contributed by atoms with Crippen LogP contribution in [0.4, 0.5) is 0 Å². The second-order valence-electron chi connectivity index (χ2n) is 5.68. The maximum atomic E-state index is 11.9. The van der Waals surface area contributed by atoms with Gasteiger partial charge in [0.15, 0.2) is 0 Å². The molecule has 5 N–H and O–H groups in total. The molecule has 0 aromatic rings. The monoisotopic (exact) mass is 255 g/mol. The highest BCUT2D eigenvalue weighted by atomic mass is 16.2. The Hall–Kier alpha value is -1.10. The minimum Gasteiger partial charge on any atom is -0.368 e. The number of carbonyl (C=O) groups is 2. The average Bonchev–Trinajstić information content (AvgIpc) is 2.28. The van der Waals surface area contributed by atoms with Crippen molar-refractivity contribution in [1.82, 2.24) is 5.32 Å². The lowest BCUT2D eigenvalue weighted by atomic mass is 9.84. The molecule has 1 unspecified atom stereocenters. The highest BCUT2D eigenvalue weighted by Gasteiger charge is 2.25. The lowest BCUT2D eigenvalue weighted by molar-refractivity contribution is -0.129. The van der Waals surface area contributed by atoms with Crippen molar-refractivity contribution in [3.05, 3.63) is 0 Å². The summed E-state index contributed by atoms with van der Waals surface area (Å²) in [7, 11) is 0. The van der Waals surface area contributed by atoms with E-state index in [0.717, 1.165) is 25.7 Å². The smallest absolute Gasteiger partial charge is 0.240 e. The van der Waals surface area contributed by atoms with E-state index in [0.29, 0.717) is 18.4 Å². The van der Waals surface area contributed by atoms with Gasteiger partial charge in [0.1, 0.15) is 6.04 Å². The Morgan fingerprint density at radius 2 is 1.78 bits per heavy atom. The molecule has 5 heteroatoms. The largest absolute Gasteiger partial charge is 0.368 e. The number of carbonyl (C=O) groups excluding carboxylic acids is 2. The van der Waals surface area contributed by atoms with Crippen molar-refractivity contribution in [2.24, 2.45) is 23.3 Å². The fourth-order valence-electron chi connectivity index (χ4n) is 2.45. The van der Waals surface area contributed by atoms with Gasteiger partial charge in [-0.1, -0.05) is 13.8 Å². The van der Waals surface area contributed by atoms with E-state index in [2.05, 4.69) is 5.32 Å². The lowest BCUT2D eigenvalue weighted by Crippen LogP contribution is -2.48. The SMILES string of the molecule is CC(C)C(NC(=O)CC1CCC(N)CC1)C(N)=O. The normalized spacial score (nSPS) is 25.8. The van der Waals surface area contributed by atoms with Crippen LogP contribution >= 0.6 is 0 Å². The molecule has 0 aromatic carbocycles. The number of primary amides is 1. The van der Waals surface area contributed by atoms with Crippen molar-refractivity contribution >= 4 is 11.8 Å². The zero-order valence-electron chi connectivity index (χ0n) is 11.3. The first kappa shape index (κ1) is 15.0. The molecule has 0 saturated heterocycles. The molecule has 5 nitrogen and oxygen atoms in total. The van der Waals surface area contributed by atoms with E-state index in [-0.39, 0.29) is 11.8 Å². The summed E-state index contributed by atoms with van der Waals surface area (Å²) < 4.78 is 0. The number of hydrogen-bond acceptors (Lipinski definition) is 3. The Kier molecular flexibility index (Phi) is 5.59. The molecule has 0 radical (unpaired) electrons. The van der Waals surface area contributed by atoms with Crippen molar-refractivity contribution in [2.45, 2.75) is 58.0 Å². The van der Waals surface area contributed by atoms with Crippen LogP contribution in [-0.4, -0.2) is 23.9 Å². The number of nitrogens with two attached hydrogens (primary N) is 2. The maximum Gasteiger partial charge on any atom is 0.240 e. The molecule has 0 bridgehead atoms. The van der Waals surface area contributed by atoms with E-state index >= 15 is 0 Å². The van der Waals surface area contributed by atoms with Gasteiger partial charge in [-0.3, -0.25) is 9.59 Å². The highest BCUT2D eigenvalue weighted by molar-refractivity contribution is 5.86. The van der Waals surface area contributed by atoms with Gasteiger partial charge in [0, 0.05) is 12.5 Å².